The quantitative estimate of drug-likeness (QED) is 0.709. The molecule has 0 saturated carbocycles. The Hall–Kier alpha value is -0.0500. The van der Waals surface area contributed by atoms with Crippen LogP contribution in [-0.4, -0.2) is 11.5 Å². The van der Waals surface area contributed by atoms with Crippen LogP contribution < -0.4 is 0 Å². The Morgan fingerprint density at radius 3 is 2.31 bits per heavy atom. The van der Waals surface area contributed by atoms with E-state index in [1.165, 1.54) is 21.3 Å². The second kappa shape index (κ2) is 4.45. The van der Waals surface area contributed by atoms with E-state index in [0.29, 0.717) is 0 Å². The molecule has 0 nitrogen and oxygen atoms in total. The minimum absolute atomic E-state index is 0.800. The van der Waals surface area contributed by atoms with Crippen LogP contribution in [0, 0.1) is 0 Å². The average Bonchev–Trinajstić information content (AvgIpc) is 2.62. The molecule has 0 amide bonds. The first kappa shape index (κ1) is 9.50. The van der Waals surface area contributed by atoms with Gasteiger partial charge in [-0.3, -0.25) is 0 Å². The van der Waals surface area contributed by atoms with Crippen LogP contribution in [0.15, 0.2) is 28.5 Å². The summed E-state index contributed by atoms with van der Waals surface area (Å²) >= 11 is 9.66. The fourth-order valence-corrected chi connectivity index (χ4v) is 3.57. The van der Waals surface area contributed by atoms with Gasteiger partial charge in [-0.15, -0.1) is 23.5 Å². The normalized spacial score (nSPS) is 16.2. The highest BCUT2D eigenvalue weighted by Gasteiger charge is 2.07. The zero-order chi connectivity index (χ0) is 9.10. The van der Waals surface area contributed by atoms with Gasteiger partial charge in [0, 0.05) is 20.8 Å². The second-order valence-corrected chi connectivity index (χ2v) is 5.68. The van der Waals surface area contributed by atoms with Crippen LogP contribution in [0.5, 0.6) is 0 Å². The van der Waals surface area contributed by atoms with Gasteiger partial charge in [-0.2, -0.15) is 0 Å². The summed E-state index contributed by atoms with van der Waals surface area (Å²) in [5.41, 5.74) is 1.24. The smallest absolute Gasteiger partial charge is 0.0407 e. The molecule has 1 saturated heterocycles. The molecular weight excluding hydrogens is 220 g/mol. The molecule has 0 radical (unpaired) electrons. The van der Waals surface area contributed by atoms with E-state index in [2.05, 4.69) is 18.2 Å². The third-order valence-corrected chi connectivity index (χ3v) is 4.57. The van der Waals surface area contributed by atoms with Gasteiger partial charge >= 0.3 is 0 Å². The molecule has 1 aromatic carbocycles. The summed E-state index contributed by atoms with van der Waals surface area (Å²) in [6.07, 6.45) is 2.22. The van der Waals surface area contributed by atoms with Crippen molar-refractivity contribution in [2.24, 2.45) is 0 Å². The summed E-state index contributed by atoms with van der Waals surface area (Å²) in [7, 11) is 0. The minimum atomic E-state index is 0.800. The lowest BCUT2D eigenvalue weighted by Gasteiger charge is -1.96. The largest absolute Gasteiger partial charge is 0.118 e. The SMILES string of the molecule is Clc1ccc(C=C2SCCS2)cc1. The first-order valence-corrected chi connectivity index (χ1v) is 6.42. The predicted molar refractivity (Wildman–Crippen MR) is 64.3 cm³/mol. The van der Waals surface area contributed by atoms with E-state index in [0.717, 1.165) is 5.02 Å². The van der Waals surface area contributed by atoms with E-state index in [-0.39, 0.29) is 0 Å². The number of hydrogen-bond donors (Lipinski definition) is 0. The van der Waals surface area contributed by atoms with Crippen molar-refractivity contribution in [1.82, 2.24) is 0 Å². The molecule has 2 rings (SSSR count). The fourth-order valence-electron chi connectivity index (χ4n) is 1.10. The summed E-state index contributed by atoms with van der Waals surface area (Å²) in [6.45, 7) is 0. The molecule has 1 heterocycles. The van der Waals surface area contributed by atoms with Crippen molar-refractivity contribution >= 4 is 41.2 Å². The monoisotopic (exact) mass is 228 g/mol. The number of benzene rings is 1. The topological polar surface area (TPSA) is 0 Å². The zero-order valence-corrected chi connectivity index (χ0v) is 9.38. The Balaban J connectivity index is 2.17. The molecule has 0 aromatic heterocycles. The molecule has 68 valence electrons. The first-order valence-electron chi connectivity index (χ1n) is 4.07. The molecule has 0 bridgehead atoms. The number of halogens is 1. The lowest BCUT2D eigenvalue weighted by atomic mass is 10.2. The molecular formula is C10H9ClS2. The van der Waals surface area contributed by atoms with Gasteiger partial charge in [-0.25, -0.2) is 0 Å². The van der Waals surface area contributed by atoms with Crippen molar-refractivity contribution < 1.29 is 0 Å². The molecule has 0 atom stereocenters. The van der Waals surface area contributed by atoms with E-state index in [1.54, 1.807) is 0 Å². The molecule has 0 unspecified atom stereocenters. The average molecular weight is 229 g/mol. The van der Waals surface area contributed by atoms with Crippen LogP contribution in [0.1, 0.15) is 5.56 Å². The van der Waals surface area contributed by atoms with Crippen LogP contribution in [-0.2, 0) is 0 Å². The van der Waals surface area contributed by atoms with Crippen LogP contribution >= 0.6 is 35.1 Å². The van der Waals surface area contributed by atoms with Crippen molar-refractivity contribution in [2.45, 2.75) is 0 Å². The van der Waals surface area contributed by atoms with E-state index in [4.69, 9.17) is 11.6 Å². The molecule has 13 heavy (non-hydrogen) atoms. The van der Waals surface area contributed by atoms with E-state index < -0.39 is 0 Å². The van der Waals surface area contributed by atoms with Crippen molar-refractivity contribution in [2.75, 3.05) is 11.5 Å². The van der Waals surface area contributed by atoms with Crippen molar-refractivity contribution in [3.05, 3.63) is 39.1 Å². The lowest BCUT2D eigenvalue weighted by molar-refractivity contribution is 1.59. The summed E-state index contributed by atoms with van der Waals surface area (Å²) in [4.78, 5) is 0. The summed E-state index contributed by atoms with van der Waals surface area (Å²) < 4.78 is 1.42. The number of rotatable bonds is 1. The van der Waals surface area contributed by atoms with Gasteiger partial charge in [0.2, 0.25) is 0 Å². The first-order chi connectivity index (χ1) is 6.34. The molecule has 0 aliphatic carbocycles. The minimum Gasteiger partial charge on any atom is -0.118 e. The second-order valence-electron chi connectivity index (χ2n) is 2.71. The Morgan fingerprint density at radius 1 is 1.08 bits per heavy atom. The zero-order valence-electron chi connectivity index (χ0n) is 7.00. The maximum atomic E-state index is 5.80. The molecule has 1 aliphatic rings. The third kappa shape index (κ3) is 2.70. The van der Waals surface area contributed by atoms with Crippen LogP contribution in [0.4, 0.5) is 0 Å². The Morgan fingerprint density at radius 2 is 1.69 bits per heavy atom. The van der Waals surface area contributed by atoms with E-state index in [1.807, 2.05) is 35.7 Å². The molecule has 1 aromatic rings. The number of thioether (sulfide) groups is 2. The van der Waals surface area contributed by atoms with Gasteiger partial charge in [-0.1, -0.05) is 23.7 Å². The maximum absolute atomic E-state index is 5.80. The molecule has 3 heteroatoms. The summed E-state index contributed by atoms with van der Waals surface area (Å²) in [6, 6.07) is 7.96. The molecule has 0 N–H and O–H groups in total. The van der Waals surface area contributed by atoms with Gasteiger partial charge in [0.25, 0.3) is 0 Å². The Labute approximate surface area is 91.7 Å². The lowest BCUT2D eigenvalue weighted by Crippen LogP contribution is -1.71. The van der Waals surface area contributed by atoms with Gasteiger partial charge in [0.15, 0.2) is 0 Å². The fraction of sp³-hybridized carbons (Fsp3) is 0.200. The van der Waals surface area contributed by atoms with Crippen molar-refractivity contribution in [1.29, 1.82) is 0 Å². The van der Waals surface area contributed by atoms with Gasteiger partial charge in [0.05, 0.1) is 0 Å². The summed E-state index contributed by atoms with van der Waals surface area (Å²) in [5.74, 6) is 2.48. The third-order valence-electron chi connectivity index (χ3n) is 1.73. The van der Waals surface area contributed by atoms with Gasteiger partial charge in [-0.05, 0) is 23.8 Å². The highest BCUT2D eigenvalue weighted by atomic mass is 35.5. The van der Waals surface area contributed by atoms with Gasteiger partial charge < -0.3 is 0 Å². The molecule has 0 spiro atoms. The summed E-state index contributed by atoms with van der Waals surface area (Å²) in [5, 5.41) is 0.800. The van der Waals surface area contributed by atoms with Crippen molar-refractivity contribution in [3.63, 3.8) is 0 Å². The standard InChI is InChI=1S/C10H9ClS2/c11-9-3-1-8(2-4-9)7-10-12-5-6-13-10/h1-4,7H,5-6H2. The highest BCUT2D eigenvalue weighted by Crippen LogP contribution is 2.37. The van der Waals surface area contributed by atoms with E-state index >= 15 is 0 Å². The maximum Gasteiger partial charge on any atom is 0.0407 e. The molecule has 1 fully saturated rings. The Kier molecular flexibility index (Phi) is 3.25. The van der Waals surface area contributed by atoms with E-state index in [9.17, 15) is 0 Å². The van der Waals surface area contributed by atoms with Crippen LogP contribution in [0.3, 0.4) is 0 Å². The Bertz CT molecular complexity index is 308. The number of hydrogen-bond acceptors (Lipinski definition) is 2. The molecule has 1 aliphatic heterocycles. The van der Waals surface area contributed by atoms with Crippen molar-refractivity contribution in [3.8, 4) is 0 Å². The van der Waals surface area contributed by atoms with Gasteiger partial charge in [0.1, 0.15) is 0 Å². The van der Waals surface area contributed by atoms with Crippen LogP contribution in [0.2, 0.25) is 5.02 Å². The highest BCUT2D eigenvalue weighted by molar-refractivity contribution is 8.25. The predicted octanol–water partition coefficient (Wildman–Crippen LogP) is 4.12. The van der Waals surface area contributed by atoms with Crippen LogP contribution in [0.25, 0.3) is 6.08 Å².